The summed E-state index contributed by atoms with van der Waals surface area (Å²) in [6.07, 6.45) is 7.07. The van der Waals surface area contributed by atoms with Gasteiger partial charge in [0.25, 0.3) is 5.91 Å². The number of benzene rings is 1. The molecule has 5 heteroatoms. The fourth-order valence-electron chi connectivity index (χ4n) is 2.60. The van der Waals surface area contributed by atoms with E-state index in [-0.39, 0.29) is 19.1 Å². The zero-order valence-electron chi connectivity index (χ0n) is 12.1. The van der Waals surface area contributed by atoms with Gasteiger partial charge in [-0.15, -0.1) is 0 Å². The second-order valence-corrected chi connectivity index (χ2v) is 6.32. The molecule has 1 amide bonds. The Hall–Kier alpha value is -1.07. The lowest BCUT2D eigenvalue weighted by atomic mass is 10.1. The summed E-state index contributed by atoms with van der Waals surface area (Å²) in [7, 11) is 0. The van der Waals surface area contributed by atoms with Crippen LogP contribution in [-0.2, 0) is 11.4 Å². The highest BCUT2D eigenvalue weighted by Crippen LogP contribution is 2.26. The van der Waals surface area contributed by atoms with Crippen molar-refractivity contribution in [3.8, 4) is 5.75 Å². The fraction of sp³-hybridized carbons (Fsp3) is 0.562. The molecule has 1 aliphatic rings. The molecule has 1 aromatic rings. The number of rotatable bonds is 5. The maximum atomic E-state index is 11.9. The molecule has 0 saturated heterocycles. The largest absolute Gasteiger partial charge is 0.483 e. The van der Waals surface area contributed by atoms with Gasteiger partial charge in [-0.3, -0.25) is 4.79 Å². The molecule has 2 rings (SSSR count). The highest BCUT2D eigenvalue weighted by Gasteiger charge is 2.15. The predicted octanol–water partition coefficient (Wildman–Crippen LogP) is 3.16. The van der Waals surface area contributed by atoms with Gasteiger partial charge in [0, 0.05) is 6.04 Å². The first-order valence-electron chi connectivity index (χ1n) is 7.50. The number of aliphatic hydroxyl groups is 1. The first kappa shape index (κ1) is 16.3. The van der Waals surface area contributed by atoms with Crippen LogP contribution >= 0.6 is 15.9 Å². The number of ether oxygens (including phenoxy) is 1. The normalized spacial score (nSPS) is 16.3. The molecule has 1 saturated carbocycles. The second-order valence-electron chi connectivity index (χ2n) is 5.47. The van der Waals surface area contributed by atoms with Gasteiger partial charge in [-0.25, -0.2) is 0 Å². The maximum Gasteiger partial charge on any atom is 0.258 e. The molecule has 0 heterocycles. The average Bonchev–Trinajstić information content (AvgIpc) is 2.74. The molecule has 116 valence electrons. The molecule has 1 aromatic carbocycles. The van der Waals surface area contributed by atoms with Crippen molar-refractivity contribution in [2.75, 3.05) is 6.61 Å². The molecule has 1 fully saturated rings. The maximum absolute atomic E-state index is 11.9. The van der Waals surface area contributed by atoms with Gasteiger partial charge in [0.1, 0.15) is 5.75 Å². The van der Waals surface area contributed by atoms with Crippen LogP contribution in [0.3, 0.4) is 0 Å². The van der Waals surface area contributed by atoms with Gasteiger partial charge in [-0.05, 0) is 46.5 Å². The van der Waals surface area contributed by atoms with Gasteiger partial charge < -0.3 is 15.2 Å². The third-order valence-corrected chi connectivity index (χ3v) is 4.38. The van der Waals surface area contributed by atoms with Crippen LogP contribution in [0.15, 0.2) is 22.7 Å². The van der Waals surface area contributed by atoms with E-state index in [4.69, 9.17) is 9.84 Å². The number of nitrogens with one attached hydrogen (secondary N) is 1. The van der Waals surface area contributed by atoms with E-state index < -0.39 is 0 Å². The minimum atomic E-state index is -0.0694. The Bertz CT molecular complexity index is 471. The molecule has 21 heavy (non-hydrogen) atoms. The lowest BCUT2D eigenvalue weighted by Gasteiger charge is -2.16. The molecule has 0 unspecified atom stereocenters. The van der Waals surface area contributed by atoms with Crippen LogP contribution in [0, 0.1) is 0 Å². The van der Waals surface area contributed by atoms with E-state index in [9.17, 15) is 4.79 Å². The van der Waals surface area contributed by atoms with Crippen LogP contribution in [0.5, 0.6) is 5.75 Å². The van der Waals surface area contributed by atoms with Crippen LogP contribution in [-0.4, -0.2) is 23.7 Å². The van der Waals surface area contributed by atoms with Crippen molar-refractivity contribution in [1.29, 1.82) is 0 Å². The Labute approximate surface area is 134 Å². The second kappa shape index (κ2) is 8.39. The number of aliphatic hydroxyl groups excluding tert-OH is 1. The van der Waals surface area contributed by atoms with Gasteiger partial charge in [-0.2, -0.15) is 0 Å². The van der Waals surface area contributed by atoms with Crippen LogP contribution < -0.4 is 10.1 Å². The van der Waals surface area contributed by atoms with E-state index in [1.807, 2.05) is 0 Å². The number of amides is 1. The summed E-state index contributed by atoms with van der Waals surface area (Å²) in [6.45, 7) is 0.00855. The Morgan fingerprint density at radius 2 is 2.00 bits per heavy atom. The van der Waals surface area contributed by atoms with Gasteiger partial charge in [0.2, 0.25) is 0 Å². The molecule has 0 bridgehead atoms. The van der Waals surface area contributed by atoms with E-state index in [1.165, 1.54) is 25.7 Å². The third-order valence-electron chi connectivity index (χ3n) is 3.76. The van der Waals surface area contributed by atoms with Crippen molar-refractivity contribution in [2.24, 2.45) is 0 Å². The molecular weight excluding hydrogens is 334 g/mol. The average molecular weight is 356 g/mol. The van der Waals surface area contributed by atoms with Crippen molar-refractivity contribution in [1.82, 2.24) is 5.32 Å². The number of hydrogen-bond donors (Lipinski definition) is 2. The minimum Gasteiger partial charge on any atom is -0.483 e. The lowest BCUT2D eigenvalue weighted by molar-refractivity contribution is -0.123. The van der Waals surface area contributed by atoms with Gasteiger partial charge in [0.15, 0.2) is 6.61 Å². The summed E-state index contributed by atoms with van der Waals surface area (Å²) >= 11 is 3.38. The van der Waals surface area contributed by atoms with E-state index >= 15 is 0 Å². The monoisotopic (exact) mass is 355 g/mol. The topological polar surface area (TPSA) is 58.6 Å². The molecule has 0 spiro atoms. The van der Waals surface area contributed by atoms with Crippen LogP contribution in [0.2, 0.25) is 0 Å². The molecule has 2 N–H and O–H groups in total. The van der Waals surface area contributed by atoms with E-state index in [1.54, 1.807) is 18.2 Å². The summed E-state index contributed by atoms with van der Waals surface area (Å²) < 4.78 is 6.28. The molecular formula is C16H22BrNO3. The Kier molecular flexibility index (Phi) is 6.51. The van der Waals surface area contributed by atoms with Crippen molar-refractivity contribution < 1.29 is 14.6 Å². The Balaban J connectivity index is 1.80. The number of carbonyl (C=O) groups is 1. The predicted molar refractivity (Wildman–Crippen MR) is 85.2 cm³/mol. The first-order chi connectivity index (χ1) is 10.2. The van der Waals surface area contributed by atoms with Crippen molar-refractivity contribution in [3.63, 3.8) is 0 Å². The SMILES string of the molecule is O=C(COc1ccc(CO)cc1Br)NC1CCCCCC1. The summed E-state index contributed by atoms with van der Waals surface area (Å²) in [6, 6.07) is 5.62. The zero-order valence-corrected chi connectivity index (χ0v) is 13.7. The van der Waals surface area contributed by atoms with E-state index in [0.29, 0.717) is 11.8 Å². The van der Waals surface area contributed by atoms with E-state index in [2.05, 4.69) is 21.2 Å². The van der Waals surface area contributed by atoms with Crippen LogP contribution in [0.4, 0.5) is 0 Å². The number of hydrogen-bond acceptors (Lipinski definition) is 3. The first-order valence-corrected chi connectivity index (χ1v) is 8.30. The smallest absolute Gasteiger partial charge is 0.258 e. The minimum absolute atomic E-state index is 0.0129. The van der Waals surface area contributed by atoms with Crippen LogP contribution in [0.1, 0.15) is 44.1 Å². The molecule has 4 nitrogen and oxygen atoms in total. The van der Waals surface area contributed by atoms with Crippen molar-refractivity contribution in [2.45, 2.75) is 51.2 Å². The van der Waals surface area contributed by atoms with Gasteiger partial charge in [-0.1, -0.05) is 31.7 Å². The highest BCUT2D eigenvalue weighted by atomic mass is 79.9. The summed E-state index contributed by atoms with van der Waals surface area (Å²) in [5.41, 5.74) is 0.803. The molecule has 0 aliphatic heterocycles. The van der Waals surface area contributed by atoms with Gasteiger partial charge in [0.05, 0.1) is 11.1 Å². The summed E-state index contributed by atoms with van der Waals surface area (Å²) in [5, 5.41) is 12.1. The summed E-state index contributed by atoms with van der Waals surface area (Å²) in [4.78, 5) is 11.9. The molecule has 0 atom stereocenters. The lowest BCUT2D eigenvalue weighted by Crippen LogP contribution is -2.37. The Morgan fingerprint density at radius 1 is 1.29 bits per heavy atom. The van der Waals surface area contributed by atoms with Crippen LogP contribution in [0.25, 0.3) is 0 Å². The molecule has 0 radical (unpaired) electrons. The molecule has 1 aliphatic carbocycles. The zero-order chi connectivity index (χ0) is 15.1. The molecule has 0 aromatic heterocycles. The van der Waals surface area contributed by atoms with E-state index in [0.717, 1.165) is 22.9 Å². The quantitative estimate of drug-likeness (QED) is 0.797. The van der Waals surface area contributed by atoms with Crippen molar-refractivity contribution in [3.05, 3.63) is 28.2 Å². The third kappa shape index (κ3) is 5.32. The van der Waals surface area contributed by atoms with Gasteiger partial charge >= 0.3 is 0 Å². The highest BCUT2D eigenvalue weighted by molar-refractivity contribution is 9.10. The summed E-state index contributed by atoms with van der Waals surface area (Å²) in [5.74, 6) is 0.545. The van der Waals surface area contributed by atoms with Crippen molar-refractivity contribution >= 4 is 21.8 Å². The standard InChI is InChI=1S/C16H22BrNO3/c17-14-9-12(10-19)7-8-15(14)21-11-16(20)18-13-5-3-1-2-4-6-13/h7-9,13,19H,1-6,10-11H2,(H,18,20). The number of carbonyl (C=O) groups excluding carboxylic acids is 1. The Morgan fingerprint density at radius 3 is 2.62 bits per heavy atom. The fourth-order valence-corrected chi connectivity index (χ4v) is 3.14. The number of halogens is 1.